The van der Waals surface area contributed by atoms with Crippen molar-refractivity contribution in [1.82, 2.24) is 5.32 Å². The molecular weight excluding hydrogens is 421 g/mol. The molecule has 9 heteroatoms. The molecule has 3 rings (SSSR count). The van der Waals surface area contributed by atoms with Gasteiger partial charge in [-0.1, -0.05) is 23.2 Å². The largest absolute Gasteiger partial charge is 0.495 e. The molecule has 6 nitrogen and oxygen atoms in total. The molecule has 28 heavy (non-hydrogen) atoms. The van der Waals surface area contributed by atoms with Crippen molar-refractivity contribution in [2.45, 2.75) is 30.8 Å². The standard InChI is InChI=1S/C19H23Cl2N3O3S/c1-12-10-24(11-13(2)22-12)14-4-7-19(27-3)18(8-14)23-28(25,26)15-5-6-16(20)17(21)9-15/h4-9,12-13,22-23H,10-11H2,1-3H3. The van der Waals surface area contributed by atoms with Crippen molar-refractivity contribution in [3.63, 3.8) is 0 Å². The summed E-state index contributed by atoms with van der Waals surface area (Å²) in [6, 6.07) is 10.3. The molecule has 1 aliphatic rings. The summed E-state index contributed by atoms with van der Waals surface area (Å²) in [5.74, 6) is 0.434. The molecule has 0 bridgehead atoms. The van der Waals surface area contributed by atoms with Crippen LogP contribution in [0.2, 0.25) is 10.0 Å². The van der Waals surface area contributed by atoms with Crippen molar-refractivity contribution >= 4 is 44.6 Å². The molecule has 2 aromatic carbocycles. The Bertz CT molecular complexity index is 959. The molecule has 2 atom stereocenters. The van der Waals surface area contributed by atoms with E-state index in [4.69, 9.17) is 27.9 Å². The summed E-state index contributed by atoms with van der Waals surface area (Å²) >= 11 is 11.9. The van der Waals surface area contributed by atoms with E-state index in [1.54, 1.807) is 12.1 Å². The second-order valence-electron chi connectivity index (χ2n) is 6.94. The third kappa shape index (κ3) is 4.66. The highest BCUT2D eigenvalue weighted by Crippen LogP contribution is 2.33. The molecule has 1 fully saturated rings. The van der Waals surface area contributed by atoms with Gasteiger partial charge in [0.25, 0.3) is 10.0 Å². The average Bonchev–Trinajstić information content (AvgIpc) is 2.62. The van der Waals surface area contributed by atoms with Gasteiger partial charge >= 0.3 is 0 Å². The predicted molar refractivity (Wildman–Crippen MR) is 115 cm³/mol. The first-order valence-electron chi connectivity index (χ1n) is 8.86. The van der Waals surface area contributed by atoms with Gasteiger partial charge in [0, 0.05) is 30.9 Å². The van der Waals surface area contributed by atoms with Crippen LogP contribution in [0.15, 0.2) is 41.3 Å². The molecule has 1 heterocycles. The number of anilines is 2. The lowest BCUT2D eigenvalue weighted by Crippen LogP contribution is -2.54. The van der Waals surface area contributed by atoms with Crippen molar-refractivity contribution in [2.24, 2.45) is 0 Å². The molecule has 2 aromatic rings. The van der Waals surface area contributed by atoms with Crippen molar-refractivity contribution in [3.8, 4) is 5.75 Å². The van der Waals surface area contributed by atoms with Gasteiger partial charge in [-0.2, -0.15) is 0 Å². The Kier molecular flexibility index (Phi) is 6.29. The molecule has 0 radical (unpaired) electrons. The second kappa shape index (κ2) is 8.37. The molecule has 1 saturated heterocycles. The van der Waals surface area contributed by atoms with E-state index in [1.807, 2.05) is 6.07 Å². The molecule has 0 amide bonds. The van der Waals surface area contributed by atoms with Gasteiger partial charge in [-0.15, -0.1) is 0 Å². The quantitative estimate of drug-likeness (QED) is 0.730. The van der Waals surface area contributed by atoms with Gasteiger partial charge in [-0.05, 0) is 50.2 Å². The number of halogens is 2. The van der Waals surface area contributed by atoms with Crippen LogP contribution < -0.4 is 19.7 Å². The zero-order valence-electron chi connectivity index (χ0n) is 15.9. The predicted octanol–water partition coefficient (Wildman–Crippen LogP) is 3.99. The molecule has 2 unspecified atom stereocenters. The van der Waals surface area contributed by atoms with Gasteiger partial charge < -0.3 is 15.0 Å². The number of ether oxygens (including phenoxy) is 1. The Balaban J connectivity index is 1.93. The lowest BCUT2D eigenvalue weighted by molar-refractivity contribution is 0.406. The van der Waals surface area contributed by atoms with Crippen LogP contribution in [0.1, 0.15) is 13.8 Å². The SMILES string of the molecule is COc1ccc(N2CC(C)NC(C)C2)cc1NS(=O)(=O)c1ccc(Cl)c(Cl)c1. The maximum Gasteiger partial charge on any atom is 0.262 e. The number of hydrogen-bond acceptors (Lipinski definition) is 5. The second-order valence-corrected chi connectivity index (χ2v) is 9.44. The van der Waals surface area contributed by atoms with Gasteiger partial charge in [0.2, 0.25) is 0 Å². The van der Waals surface area contributed by atoms with Crippen molar-refractivity contribution in [1.29, 1.82) is 0 Å². The highest BCUT2D eigenvalue weighted by atomic mass is 35.5. The van der Waals surface area contributed by atoms with Gasteiger partial charge in [-0.25, -0.2) is 8.42 Å². The molecule has 0 aliphatic carbocycles. The molecule has 0 saturated carbocycles. The van der Waals surface area contributed by atoms with E-state index < -0.39 is 10.0 Å². The zero-order valence-corrected chi connectivity index (χ0v) is 18.2. The number of sulfonamides is 1. The number of rotatable bonds is 5. The van der Waals surface area contributed by atoms with Crippen LogP contribution in [0.3, 0.4) is 0 Å². The van der Waals surface area contributed by atoms with Crippen LogP contribution in [0.5, 0.6) is 5.75 Å². The van der Waals surface area contributed by atoms with E-state index in [-0.39, 0.29) is 9.92 Å². The fourth-order valence-corrected chi connectivity index (χ4v) is 4.81. The first kappa shape index (κ1) is 21.0. The summed E-state index contributed by atoms with van der Waals surface area (Å²) in [4.78, 5) is 2.25. The lowest BCUT2D eigenvalue weighted by atomic mass is 10.1. The van der Waals surface area contributed by atoms with E-state index in [0.717, 1.165) is 18.8 Å². The lowest BCUT2D eigenvalue weighted by Gasteiger charge is -2.38. The Morgan fingerprint density at radius 3 is 2.36 bits per heavy atom. The number of hydrogen-bond donors (Lipinski definition) is 2. The van der Waals surface area contributed by atoms with E-state index in [0.29, 0.717) is 28.5 Å². The van der Waals surface area contributed by atoms with Gasteiger partial charge in [-0.3, -0.25) is 4.72 Å². The fraction of sp³-hybridized carbons (Fsp3) is 0.368. The minimum atomic E-state index is -3.86. The minimum absolute atomic E-state index is 0.0266. The summed E-state index contributed by atoms with van der Waals surface area (Å²) < 4.78 is 33.6. The number of methoxy groups -OCH3 is 1. The monoisotopic (exact) mass is 443 g/mol. The van der Waals surface area contributed by atoms with Crippen LogP contribution in [-0.2, 0) is 10.0 Å². The first-order chi connectivity index (χ1) is 13.2. The molecule has 0 aromatic heterocycles. The Morgan fingerprint density at radius 1 is 1.07 bits per heavy atom. The summed E-state index contributed by atoms with van der Waals surface area (Å²) in [6.07, 6.45) is 0. The van der Waals surface area contributed by atoms with Crippen molar-refractivity contribution < 1.29 is 13.2 Å². The number of piperazine rings is 1. The normalized spacial score (nSPS) is 20.1. The van der Waals surface area contributed by atoms with Crippen molar-refractivity contribution in [3.05, 3.63) is 46.4 Å². The van der Waals surface area contributed by atoms with Crippen LogP contribution in [-0.4, -0.2) is 40.7 Å². The summed E-state index contributed by atoms with van der Waals surface area (Å²) in [6.45, 7) is 5.91. The van der Waals surface area contributed by atoms with E-state index in [2.05, 4.69) is 28.8 Å². The molecule has 0 spiro atoms. The number of nitrogens with zero attached hydrogens (tertiary/aromatic N) is 1. The average molecular weight is 444 g/mol. The third-order valence-corrected chi connectivity index (χ3v) is 6.65. The summed E-state index contributed by atoms with van der Waals surface area (Å²) in [5.41, 5.74) is 1.29. The highest BCUT2D eigenvalue weighted by molar-refractivity contribution is 7.92. The first-order valence-corrected chi connectivity index (χ1v) is 11.1. The van der Waals surface area contributed by atoms with Gasteiger partial charge in [0.05, 0.1) is 27.7 Å². The van der Waals surface area contributed by atoms with E-state index >= 15 is 0 Å². The molecule has 2 N–H and O–H groups in total. The maximum absolute atomic E-state index is 12.8. The Labute approximate surface area is 175 Å². The Hall–Kier alpha value is -1.67. The fourth-order valence-electron chi connectivity index (χ4n) is 3.36. The summed E-state index contributed by atoms with van der Waals surface area (Å²) in [5, 5.41) is 3.95. The van der Waals surface area contributed by atoms with Crippen LogP contribution in [0.25, 0.3) is 0 Å². The van der Waals surface area contributed by atoms with E-state index in [1.165, 1.54) is 25.3 Å². The summed E-state index contributed by atoms with van der Waals surface area (Å²) in [7, 11) is -2.36. The van der Waals surface area contributed by atoms with Gasteiger partial charge in [0.15, 0.2) is 0 Å². The van der Waals surface area contributed by atoms with Crippen LogP contribution >= 0.6 is 23.2 Å². The molecule has 152 valence electrons. The minimum Gasteiger partial charge on any atom is -0.495 e. The molecule has 1 aliphatic heterocycles. The van der Waals surface area contributed by atoms with Gasteiger partial charge in [0.1, 0.15) is 5.75 Å². The topological polar surface area (TPSA) is 70.7 Å². The molecular formula is C19H23Cl2N3O3S. The highest BCUT2D eigenvalue weighted by Gasteiger charge is 2.23. The van der Waals surface area contributed by atoms with Crippen LogP contribution in [0.4, 0.5) is 11.4 Å². The Morgan fingerprint density at radius 2 is 1.75 bits per heavy atom. The van der Waals surface area contributed by atoms with Crippen LogP contribution in [0, 0.1) is 0 Å². The number of benzene rings is 2. The zero-order chi connectivity index (χ0) is 20.5. The maximum atomic E-state index is 12.8. The third-order valence-electron chi connectivity index (χ3n) is 4.55. The smallest absolute Gasteiger partial charge is 0.262 e. The van der Waals surface area contributed by atoms with Crippen molar-refractivity contribution in [2.75, 3.05) is 29.8 Å². The number of nitrogens with one attached hydrogen (secondary N) is 2. The van der Waals surface area contributed by atoms with E-state index in [9.17, 15) is 8.42 Å².